The van der Waals surface area contributed by atoms with E-state index >= 15 is 0 Å². The summed E-state index contributed by atoms with van der Waals surface area (Å²) in [6, 6.07) is 8.67. The Bertz CT molecular complexity index is 859. The molecule has 0 bridgehead atoms. The molecule has 8 heteroatoms. The average Bonchev–Trinajstić information content (AvgIpc) is 2.96. The number of halogens is 5. The Labute approximate surface area is 138 Å². The van der Waals surface area contributed by atoms with Crippen molar-refractivity contribution in [3.8, 4) is 22.8 Å². The van der Waals surface area contributed by atoms with Crippen molar-refractivity contribution in [2.75, 3.05) is 0 Å². The minimum atomic E-state index is -4.62. The lowest BCUT2D eigenvalue weighted by atomic mass is 10.1. The Kier molecular flexibility index (Phi) is 4.19. The predicted octanol–water partition coefficient (Wildman–Crippen LogP) is 5.68. The van der Waals surface area contributed by atoms with Crippen LogP contribution in [0.15, 0.2) is 48.7 Å². The zero-order valence-electron chi connectivity index (χ0n) is 11.9. The quantitative estimate of drug-likeness (QED) is 0.613. The molecular weight excluding hydrogens is 348 g/mol. The molecule has 0 aliphatic carbocycles. The van der Waals surface area contributed by atoms with Crippen molar-refractivity contribution >= 4 is 11.6 Å². The van der Waals surface area contributed by atoms with E-state index in [1.165, 1.54) is 6.20 Å². The molecule has 0 aliphatic heterocycles. The van der Waals surface area contributed by atoms with Crippen LogP contribution in [0.1, 0.15) is 5.56 Å². The maximum atomic E-state index is 14.1. The first-order valence-corrected chi connectivity index (χ1v) is 7.06. The Morgan fingerprint density at radius 2 is 1.75 bits per heavy atom. The van der Waals surface area contributed by atoms with E-state index in [9.17, 15) is 17.6 Å². The lowest BCUT2D eigenvalue weighted by Crippen LogP contribution is -2.05. The third kappa shape index (κ3) is 3.35. The maximum Gasteiger partial charge on any atom is 0.416 e. The molecule has 0 saturated heterocycles. The monoisotopic (exact) mass is 356 g/mol. The molecule has 0 amide bonds. The minimum absolute atomic E-state index is 0.0792. The number of nitrogens with one attached hydrogen (secondary N) is 1. The van der Waals surface area contributed by atoms with Crippen LogP contribution >= 0.6 is 11.6 Å². The molecule has 1 N–H and O–H groups in total. The van der Waals surface area contributed by atoms with Crippen LogP contribution in [-0.2, 0) is 6.18 Å². The number of nitrogens with zero attached hydrogens (tertiary/aromatic N) is 1. The van der Waals surface area contributed by atoms with Gasteiger partial charge in [-0.1, -0.05) is 11.6 Å². The van der Waals surface area contributed by atoms with Gasteiger partial charge < -0.3 is 4.74 Å². The number of aromatic amines is 1. The van der Waals surface area contributed by atoms with Crippen LogP contribution in [0.3, 0.4) is 0 Å². The van der Waals surface area contributed by atoms with Gasteiger partial charge in [0.15, 0.2) is 5.75 Å². The van der Waals surface area contributed by atoms with E-state index in [2.05, 4.69) is 10.2 Å². The van der Waals surface area contributed by atoms with E-state index in [0.717, 1.165) is 12.1 Å². The van der Waals surface area contributed by atoms with Crippen molar-refractivity contribution in [1.29, 1.82) is 0 Å². The van der Waals surface area contributed by atoms with Crippen LogP contribution < -0.4 is 4.74 Å². The van der Waals surface area contributed by atoms with E-state index in [1.807, 2.05) is 0 Å². The second kappa shape index (κ2) is 6.16. The van der Waals surface area contributed by atoms with Gasteiger partial charge in [0.2, 0.25) is 0 Å². The standard InChI is InChI=1S/C16H9ClF4N2O/c17-10-2-4-11(5-3-10)24-14-8-22-23-15(14)12-6-1-9(7-13(12)18)16(19,20)21/h1-8H,(H,22,23). The summed E-state index contributed by atoms with van der Waals surface area (Å²) in [6.07, 6.45) is -3.31. The summed E-state index contributed by atoms with van der Waals surface area (Å²) in [5, 5.41) is 6.81. The summed E-state index contributed by atoms with van der Waals surface area (Å²) in [6.45, 7) is 0. The van der Waals surface area contributed by atoms with Crippen LogP contribution in [-0.4, -0.2) is 10.2 Å². The highest BCUT2D eigenvalue weighted by Crippen LogP contribution is 2.36. The molecular formula is C16H9ClF4N2O. The molecule has 0 unspecified atom stereocenters. The van der Waals surface area contributed by atoms with E-state index < -0.39 is 17.6 Å². The Balaban J connectivity index is 1.94. The summed E-state index contributed by atoms with van der Waals surface area (Å²) in [7, 11) is 0. The zero-order valence-corrected chi connectivity index (χ0v) is 12.6. The van der Waals surface area contributed by atoms with Crippen molar-refractivity contribution in [2.45, 2.75) is 6.18 Å². The molecule has 1 heterocycles. The first-order chi connectivity index (χ1) is 11.3. The molecule has 3 aromatic rings. The van der Waals surface area contributed by atoms with E-state index in [0.29, 0.717) is 16.8 Å². The summed E-state index contributed by atoms with van der Waals surface area (Å²) in [5.74, 6) is -0.430. The van der Waals surface area contributed by atoms with Crippen molar-refractivity contribution in [2.24, 2.45) is 0 Å². The number of rotatable bonds is 3. The van der Waals surface area contributed by atoms with Crippen LogP contribution in [0.5, 0.6) is 11.5 Å². The molecule has 24 heavy (non-hydrogen) atoms. The molecule has 1 aromatic heterocycles. The maximum absolute atomic E-state index is 14.1. The van der Waals surface area contributed by atoms with Gasteiger partial charge in [-0.25, -0.2) is 4.39 Å². The van der Waals surface area contributed by atoms with Crippen LogP contribution in [0.2, 0.25) is 5.02 Å². The first kappa shape index (κ1) is 16.3. The predicted molar refractivity (Wildman–Crippen MR) is 80.5 cm³/mol. The smallest absolute Gasteiger partial charge is 0.416 e. The molecule has 3 rings (SSSR count). The normalized spacial score (nSPS) is 11.5. The van der Waals surface area contributed by atoms with Gasteiger partial charge in [0, 0.05) is 10.6 Å². The number of H-pyrrole nitrogens is 1. The number of hydrogen-bond donors (Lipinski definition) is 1. The highest BCUT2D eigenvalue weighted by molar-refractivity contribution is 6.30. The third-order valence-corrected chi connectivity index (χ3v) is 3.46. The van der Waals surface area contributed by atoms with Crippen LogP contribution in [0.4, 0.5) is 17.6 Å². The van der Waals surface area contributed by atoms with Gasteiger partial charge in [-0.15, -0.1) is 0 Å². The van der Waals surface area contributed by atoms with Gasteiger partial charge >= 0.3 is 6.18 Å². The van der Waals surface area contributed by atoms with Crippen molar-refractivity contribution < 1.29 is 22.3 Å². The fourth-order valence-corrected chi connectivity index (χ4v) is 2.20. The van der Waals surface area contributed by atoms with E-state index in [-0.39, 0.29) is 17.0 Å². The molecule has 0 fully saturated rings. The number of aromatic nitrogens is 2. The second-order valence-corrected chi connectivity index (χ2v) is 5.29. The van der Waals surface area contributed by atoms with E-state index in [4.69, 9.17) is 16.3 Å². The molecule has 3 nitrogen and oxygen atoms in total. The SMILES string of the molecule is Fc1cc(C(F)(F)F)ccc1-c1[nH]ncc1Oc1ccc(Cl)cc1. The zero-order chi connectivity index (χ0) is 17.3. The molecule has 2 aromatic carbocycles. The van der Waals surface area contributed by atoms with Gasteiger partial charge in [-0.2, -0.15) is 18.3 Å². The molecule has 0 aliphatic rings. The highest BCUT2D eigenvalue weighted by Gasteiger charge is 2.31. The Morgan fingerprint density at radius 1 is 1.04 bits per heavy atom. The summed E-state index contributed by atoms with van der Waals surface area (Å²) in [5.41, 5.74) is -1.01. The van der Waals surface area contributed by atoms with Crippen LogP contribution in [0.25, 0.3) is 11.3 Å². The Hall–Kier alpha value is -2.54. The summed E-state index contributed by atoms with van der Waals surface area (Å²) in [4.78, 5) is 0. The van der Waals surface area contributed by atoms with Gasteiger partial charge in [0.25, 0.3) is 0 Å². The lowest BCUT2D eigenvalue weighted by molar-refractivity contribution is -0.137. The second-order valence-electron chi connectivity index (χ2n) is 4.86. The fraction of sp³-hybridized carbons (Fsp3) is 0.0625. The molecule has 124 valence electrons. The number of benzene rings is 2. The molecule has 0 saturated carbocycles. The van der Waals surface area contributed by atoms with Crippen molar-refractivity contribution in [3.63, 3.8) is 0 Å². The first-order valence-electron chi connectivity index (χ1n) is 6.68. The van der Waals surface area contributed by atoms with Gasteiger partial charge in [-0.3, -0.25) is 5.10 Å². The molecule has 0 atom stereocenters. The van der Waals surface area contributed by atoms with E-state index in [1.54, 1.807) is 24.3 Å². The van der Waals surface area contributed by atoms with Gasteiger partial charge in [0.1, 0.15) is 17.3 Å². The van der Waals surface area contributed by atoms with Crippen LogP contribution in [0, 0.1) is 5.82 Å². The fourth-order valence-electron chi connectivity index (χ4n) is 2.07. The van der Waals surface area contributed by atoms with Gasteiger partial charge in [-0.05, 0) is 42.5 Å². The number of ether oxygens (including phenoxy) is 1. The van der Waals surface area contributed by atoms with Gasteiger partial charge in [0.05, 0.1) is 11.8 Å². The summed E-state index contributed by atoms with van der Waals surface area (Å²) >= 11 is 5.78. The van der Waals surface area contributed by atoms with Crippen molar-refractivity contribution in [1.82, 2.24) is 10.2 Å². The average molecular weight is 357 g/mol. The minimum Gasteiger partial charge on any atom is -0.453 e. The number of hydrogen-bond acceptors (Lipinski definition) is 2. The largest absolute Gasteiger partial charge is 0.453 e. The lowest BCUT2D eigenvalue weighted by Gasteiger charge is -2.10. The topological polar surface area (TPSA) is 37.9 Å². The third-order valence-electron chi connectivity index (χ3n) is 3.21. The van der Waals surface area contributed by atoms with Crippen molar-refractivity contribution in [3.05, 3.63) is 65.1 Å². The number of alkyl halides is 3. The summed E-state index contributed by atoms with van der Waals surface area (Å²) < 4.78 is 57.5. The molecule has 0 radical (unpaired) electrons. The Morgan fingerprint density at radius 3 is 2.38 bits per heavy atom. The highest BCUT2D eigenvalue weighted by atomic mass is 35.5. The molecule has 0 spiro atoms.